The van der Waals surface area contributed by atoms with E-state index >= 15 is 0 Å². The zero-order chi connectivity index (χ0) is 21.4. The van der Waals surface area contributed by atoms with Crippen molar-refractivity contribution in [2.75, 3.05) is 0 Å². The summed E-state index contributed by atoms with van der Waals surface area (Å²) >= 11 is 0. The lowest BCUT2D eigenvalue weighted by Crippen LogP contribution is -2.23. The van der Waals surface area contributed by atoms with Crippen LogP contribution < -0.4 is 4.74 Å². The highest BCUT2D eigenvalue weighted by molar-refractivity contribution is 5.89. The Morgan fingerprint density at radius 3 is 2.37 bits per heavy atom. The summed E-state index contributed by atoms with van der Waals surface area (Å²) in [5.41, 5.74) is 3.35. The molecule has 3 aromatic rings. The van der Waals surface area contributed by atoms with Gasteiger partial charge in [-0.05, 0) is 63.3 Å². The van der Waals surface area contributed by atoms with Gasteiger partial charge in [-0.15, -0.1) is 0 Å². The average Bonchev–Trinajstić information content (AvgIpc) is 2.73. The molecule has 0 radical (unpaired) electrons. The van der Waals surface area contributed by atoms with E-state index in [9.17, 15) is 4.79 Å². The molecule has 30 heavy (non-hydrogen) atoms. The number of rotatable bonds is 8. The molecule has 156 valence electrons. The number of aryl methyl sites for hydroxylation is 2. The summed E-state index contributed by atoms with van der Waals surface area (Å²) in [6.07, 6.45) is 5.97. The molecule has 0 amide bonds. The molecule has 0 aliphatic heterocycles. The second kappa shape index (κ2) is 10.0. The molecule has 0 saturated carbocycles. The number of aromatic nitrogens is 2. The van der Waals surface area contributed by atoms with Crippen LogP contribution in [-0.4, -0.2) is 21.5 Å². The second-order valence-corrected chi connectivity index (χ2v) is 8.18. The maximum atomic E-state index is 12.1. The number of hydrogen-bond acceptors (Lipinski definition) is 5. The lowest BCUT2D eigenvalue weighted by Gasteiger charge is -2.19. The molecule has 0 N–H and O–H groups in total. The number of benzene rings is 2. The van der Waals surface area contributed by atoms with Crippen LogP contribution in [0.4, 0.5) is 0 Å². The van der Waals surface area contributed by atoms with Crippen LogP contribution in [0.2, 0.25) is 0 Å². The summed E-state index contributed by atoms with van der Waals surface area (Å²) in [6.45, 7) is 6.08. The van der Waals surface area contributed by atoms with Gasteiger partial charge < -0.3 is 9.47 Å². The van der Waals surface area contributed by atoms with Crippen molar-refractivity contribution < 1.29 is 14.3 Å². The summed E-state index contributed by atoms with van der Waals surface area (Å²) in [4.78, 5) is 20.6. The van der Waals surface area contributed by atoms with Crippen LogP contribution in [0.15, 0.2) is 67.1 Å². The third kappa shape index (κ3) is 6.69. The maximum absolute atomic E-state index is 12.1. The molecular formula is C25H28N2O3. The van der Waals surface area contributed by atoms with E-state index in [0.29, 0.717) is 18.1 Å². The lowest BCUT2D eigenvalue weighted by atomic mass is 10.0. The van der Waals surface area contributed by atoms with E-state index < -0.39 is 5.60 Å². The Bertz CT molecular complexity index is 948. The van der Waals surface area contributed by atoms with E-state index in [4.69, 9.17) is 9.47 Å². The third-order valence-electron chi connectivity index (χ3n) is 4.47. The first kappa shape index (κ1) is 21.5. The number of hydrogen-bond donors (Lipinski definition) is 0. The summed E-state index contributed by atoms with van der Waals surface area (Å²) in [5, 5.41) is 0. The number of ether oxygens (including phenoxy) is 2. The number of carbonyl (C=O) groups is 1. The Morgan fingerprint density at radius 1 is 0.933 bits per heavy atom. The molecule has 0 aliphatic carbocycles. The molecule has 0 saturated heterocycles. The van der Waals surface area contributed by atoms with Crippen molar-refractivity contribution in [3.63, 3.8) is 0 Å². The number of carbonyl (C=O) groups excluding carboxylic acids is 1. The van der Waals surface area contributed by atoms with E-state index in [1.165, 1.54) is 11.9 Å². The highest BCUT2D eigenvalue weighted by Crippen LogP contribution is 2.19. The molecule has 0 bridgehead atoms. The molecule has 5 nitrogen and oxygen atoms in total. The van der Waals surface area contributed by atoms with Crippen LogP contribution in [-0.2, 0) is 24.2 Å². The van der Waals surface area contributed by atoms with Gasteiger partial charge in [-0.3, -0.25) is 0 Å². The zero-order valence-electron chi connectivity index (χ0n) is 17.8. The molecule has 0 spiro atoms. The largest absolute Gasteiger partial charge is 0.473 e. The van der Waals surface area contributed by atoms with Crippen LogP contribution in [0.5, 0.6) is 5.88 Å². The van der Waals surface area contributed by atoms with Gasteiger partial charge in [-0.1, -0.05) is 42.5 Å². The zero-order valence-corrected chi connectivity index (χ0v) is 17.8. The first-order valence-corrected chi connectivity index (χ1v) is 10.2. The van der Waals surface area contributed by atoms with Crippen LogP contribution >= 0.6 is 0 Å². The number of nitrogens with zero attached hydrogens (tertiary/aromatic N) is 2. The van der Waals surface area contributed by atoms with E-state index in [1.807, 2.05) is 81.6 Å². The first-order chi connectivity index (χ1) is 14.4. The van der Waals surface area contributed by atoms with E-state index in [-0.39, 0.29) is 5.97 Å². The minimum atomic E-state index is -0.492. The predicted octanol–water partition coefficient (Wildman–Crippen LogP) is 5.19. The first-order valence-electron chi connectivity index (χ1n) is 10.2. The highest BCUT2D eigenvalue weighted by Gasteiger charge is 2.17. The van der Waals surface area contributed by atoms with Gasteiger partial charge in [0.1, 0.15) is 18.5 Å². The fraction of sp³-hybridized carbons (Fsp3) is 0.320. The average molecular weight is 405 g/mol. The van der Waals surface area contributed by atoms with Crippen molar-refractivity contribution in [3.8, 4) is 5.88 Å². The fourth-order valence-electron chi connectivity index (χ4n) is 3.00. The summed E-state index contributed by atoms with van der Waals surface area (Å²) in [6, 6.07) is 17.6. The fourth-order valence-corrected chi connectivity index (χ4v) is 3.00. The molecule has 5 heteroatoms. The smallest absolute Gasteiger partial charge is 0.338 e. The van der Waals surface area contributed by atoms with Crippen molar-refractivity contribution >= 4 is 5.97 Å². The van der Waals surface area contributed by atoms with E-state index in [0.717, 1.165) is 30.4 Å². The van der Waals surface area contributed by atoms with Crippen molar-refractivity contribution in [2.24, 2.45) is 0 Å². The van der Waals surface area contributed by atoms with Gasteiger partial charge in [0.15, 0.2) is 0 Å². The summed E-state index contributed by atoms with van der Waals surface area (Å²) in [7, 11) is 0. The van der Waals surface area contributed by atoms with Gasteiger partial charge in [-0.25, -0.2) is 14.8 Å². The molecule has 2 aromatic carbocycles. The third-order valence-corrected chi connectivity index (χ3v) is 4.47. The Morgan fingerprint density at radius 2 is 1.67 bits per heavy atom. The van der Waals surface area contributed by atoms with Gasteiger partial charge in [0.05, 0.1) is 5.56 Å². The van der Waals surface area contributed by atoms with Gasteiger partial charge in [0, 0.05) is 11.8 Å². The van der Waals surface area contributed by atoms with Crippen molar-refractivity contribution in [1.82, 2.24) is 9.97 Å². The normalized spacial score (nSPS) is 11.2. The van der Waals surface area contributed by atoms with Crippen molar-refractivity contribution in [2.45, 2.75) is 52.2 Å². The molecule has 3 rings (SSSR count). The Labute approximate surface area is 178 Å². The standard InChI is InChI=1S/C25H28N2O3/c1-25(2,3)30-24(28)21-14-12-19(13-15-21)10-7-11-22-16-26-18-27-23(22)29-17-20-8-5-4-6-9-20/h4-6,8-9,12-16,18H,7,10-11,17H2,1-3H3. The van der Waals surface area contributed by atoms with Gasteiger partial charge in [0.25, 0.3) is 0 Å². The Hall–Kier alpha value is -3.21. The van der Waals surface area contributed by atoms with Crippen molar-refractivity contribution in [1.29, 1.82) is 0 Å². The lowest BCUT2D eigenvalue weighted by molar-refractivity contribution is 0.00695. The maximum Gasteiger partial charge on any atom is 0.338 e. The monoisotopic (exact) mass is 404 g/mol. The Balaban J connectivity index is 1.52. The molecule has 0 aliphatic rings. The highest BCUT2D eigenvalue weighted by atomic mass is 16.6. The molecule has 0 unspecified atom stereocenters. The molecule has 0 fully saturated rings. The molecule has 1 heterocycles. The van der Waals surface area contributed by atoms with E-state index in [1.54, 1.807) is 0 Å². The summed E-state index contributed by atoms with van der Waals surface area (Å²) in [5.74, 6) is 0.338. The van der Waals surface area contributed by atoms with Gasteiger partial charge in [0.2, 0.25) is 5.88 Å². The SMILES string of the molecule is CC(C)(C)OC(=O)c1ccc(CCCc2cncnc2OCc2ccccc2)cc1. The topological polar surface area (TPSA) is 61.3 Å². The van der Waals surface area contributed by atoms with Gasteiger partial charge >= 0.3 is 5.97 Å². The molecular weight excluding hydrogens is 376 g/mol. The molecule has 1 aromatic heterocycles. The van der Waals surface area contributed by atoms with Crippen LogP contribution in [0.1, 0.15) is 54.2 Å². The van der Waals surface area contributed by atoms with Crippen molar-refractivity contribution in [3.05, 3.63) is 89.4 Å². The van der Waals surface area contributed by atoms with Crippen LogP contribution in [0, 0.1) is 0 Å². The van der Waals surface area contributed by atoms with Crippen LogP contribution in [0.3, 0.4) is 0 Å². The van der Waals surface area contributed by atoms with Crippen LogP contribution in [0.25, 0.3) is 0 Å². The second-order valence-electron chi connectivity index (χ2n) is 8.18. The number of esters is 1. The predicted molar refractivity (Wildman–Crippen MR) is 116 cm³/mol. The molecule has 0 atom stereocenters. The quantitative estimate of drug-likeness (QED) is 0.484. The minimum Gasteiger partial charge on any atom is -0.473 e. The van der Waals surface area contributed by atoms with E-state index in [2.05, 4.69) is 9.97 Å². The Kier molecular flexibility index (Phi) is 7.17. The summed E-state index contributed by atoms with van der Waals surface area (Å²) < 4.78 is 11.3. The van der Waals surface area contributed by atoms with Gasteiger partial charge in [-0.2, -0.15) is 0 Å². The minimum absolute atomic E-state index is 0.296.